The van der Waals surface area contributed by atoms with Crippen molar-refractivity contribution in [3.63, 3.8) is 0 Å². The predicted octanol–water partition coefficient (Wildman–Crippen LogP) is 3.42. The molecule has 1 heterocycles. The van der Waals surface area contributed by atoms with E-state index in [0.717, 1.165) is 27.9 Å². The Bertz CT molecular complexity index is 415. The Balaban J connectivity index is 2.30. The van der Waals surface area contributed by atoms with Gasteiger partial charge in [-0.25, -0.2) is 9.97 Å². The lowest BCUT2D eigenvalue weighted by Gasteiger charge is -2.17. The molecular weight excluding hydrogens is 341 g/mol. The van der Waals surface area contributed by atoms with Gasteiger partial charge in [-0.05, 0) is 48.8 Å². The second-order valence-electron chi connectivity index (χ2n) is 4.67. The van der Waals surface area contributed by atoms with E-state index < -0.39 is 0 Å². The van der Waals surface area contributed by atoms with Crippen LogP contribution in [0.4, 0.5) is 5.82 Å². The summed E-state index contributed by atoms with van der Waals surface area (Å²) in [4.78, 5) is 9.12. The maximum atomic E-state index is 6.00. The molecule has 18 heavy (non-hydrogen) atoms. The molecule has 1 fully saturated rings. The predicted molar refractivity (Wildman–Crippen MR) is 80.4 cm³/mol. The maximum Gasteiger partial charge on any atom is 0.159 e. The fourth-order valence-corrected chi connectivity index (χ4v) is 2.70. The van der Waals surface area contributed by atoms with Gasteiger partial charge in [0.1, 0.15) is 11.9 Å². The molecule has 2 N–H and O–H groups in total. The standard InChI is InChI=1S/C13H20IN3O/c1-3-5-9(18-4-2)13-16-11(8-6-7-8)10(14)12(15)17-13/h8-9H,3-7H2,1-2H3,(H2,15,16,17). The first-order chi connectivity index (χ1) is 8.67. The topological polar surface area (TPSA) is 61.0 Å². The number of nitrogens with two attached hydrogens (primary N) is 1. The first-order valence-electron chi connectivity index (χ1n) is 6.61. The van der Waals surface area contributed by atoms with E-state index in [1.165, 1.54) is 12.8 Å². The Labute approximate surface area is 122 Å². The van der Waals surface area contributed by atoms with Crippen molar-refractivity contribution in [2.45, 2.75) is 51.6 Å². The Kier molecular flexibility index (Phi) is 4.77. The van der Waals surface area contributed by atoms with Crippen molar-refractivity contribution in [1.29, 1.82) is 0 Å². The third kappa shape index (κ3) is 3.12. The number of nitrogen functional groups attached to an aromatic ring is 1. The second kappa shape index (κ2) is 6.14. The van der Waals surface area contributed by atoms with E-state index in [0.29, 0.717) is 18.3 Å². The van der Waals surface area contributed by atoms with Gasteiger partial charge in [0, 0.05) is 12.5 Å². The molecule has 100 valence electrons. The van der Waals surface area contributed by atoms with Gasteiger partial charge in [-0.3, -0.25) is 0 Å². The monoisotopic (exact) mass is 361 g/mol. The molecule has 1 unspecified atom stereocenters. The molecule has 0 bridgehead atoms. The van der Waals surface area contributed by atoms with Crippen molar-refractivity contribution in [2.24, 2.45) is 0 Å². The van der Waals surface area contributed by atoms with E-state index in [-0.39, 0.29) is 6.10 Å². The van der Waals surface area contributed by atoms with Crippen LogP contribution in [0.25, 0.3) is 0 Å². The first kappa shape index (κ1) is 14.0. The smallest absolute Gasteiger partial charge is 0.159 e. The van der Waals surface area contributed by atoms with Crippen LogP contribution in [0, 0.1) is 3.57 Å². The van der Waals surface area contributed by atoms with E-state index >= 15 is 0 Å². The highest BCUT2D eigenvalue weighted by Gasteiger charge is 2.30. The van der Waals surface area contributed by atoms with E-state index in [4.69, 9.17) is 15.5 Å². The lowest BCUT2D eigenvalue weighted by atomic mass is 10.2. The van der Waals surface area contributed by atoms with Crippen molar-refractivity contribution in [1.82, 2.24) is 9.97 Å². The minimum atomic E-state index is -0.0169. The number of ether oxygens (including phenoxy) is 1. The molecule has 0 saturated heterocycles. The third-order valence-electron chi connectivity index (χ3n) is 3.09. The number of rotatable bonds is 6. The summed E-state index contributed by atoms with van der Waals surface area (Å²) in [6.45, 7) is 4.82. The Morgan fingerprint density at radius 3 is 2.67 bits per heavy atom. The fraction of sp³-hybridized carbons (Fsp3) is 0.692. The molecule has 1 atom stereocenters. The number of anilines is 1. The molecule has 0 spiro atoms. The van der Waals surface area contributed by atoms with Gasteiger partial charge in [0.2, 0.25) is 0 Å². The highest BCUT2D eigenvalue weighted by molar-refractivity contribution is 14.1. The van der Waals surface area contributed by atoms with Crippen molar-refractivity contribution in [3.8, 4) is 0 Å². The first-order valence-corrected chi connectivity index (χ1v) is 7.69. The van der Waals surface area contributed by atoms with E-state index in [1.807, 2.05) is 6.92 Å². The summed E-state index contributed by atoms with van der Waals surface area (Å²) in [5.74, 6) is 1.95. The quantitative estimate of drug-likeness (QED) is 0.789. The minimum absolute atomic E-state index is 0.0169. The lowest BCUT2D eigenvalue weighted by molar-refractivity contribution is 0.0493. The van der Waals surface area contributed by atoms with Gasteiger partial charge >= 0.3 is 0 Å². The molecular formula is C13H20IN3O. The number of hydrogen-bond donors (Lipinski definition) is 1. The van der Waals surface area contributed by atoms with Crippen LogP contribution in [-0.2, 0) is 4.74 Å². The lowest BCUT2D eigenvalue weighted by Crippen LogP contribution is -2.13. The summed E-state index contributed by atoms with van der Waals surface area (Å²) in [5, 5.41) is 0. The van der Waals surface area contributed by atoms with Crippen LogP contribution in [0.3, 0.4) is 0 Å². The van der Waals surface area contributed by atoms with E-state index in [2.05, 4.69) is 34.5 Å². The Morgan fingerprint density at radius 1 is 1.39 bits per heavy atom. The van der Waals surface area contributed by atoms with Crippen LogP contribution in [0.1, 0.15) is 63.1 Å². The number of halogens is 1. The highest BCUT2D eigenvalue weighted by Crippen LogP contribution is 2.42. The normalized spacial score (nSPS) is 16.8. The molecule has 4 nitrogen and oxygen atoms in total. The molecule has 1 aromatic heterocycles. The molecule has 0 aromatic carbocycles. The van der Waals surface area contributed by atoms with Crippen LogP contribution in [0.2, 0.25) is 0 Å². The molecule has 0 amide bonds. The van der Waals surface area contributed by atoms with Gasteiger partial charge in [-0.1, -0.05) is 13.3 Å². The summed E-state index contributed by atoms with van der Waals surface area (Å²) in [5.41, 5.74) is 7.13. The van der Waals surface area contributed by atoms with Crippen LogP contribution in [0.15, 0.2) is 0 Å². The summed E-state index contributed by atoms with van der Waals surface area (Å²) >= 11 is 2.25. The van der Waals surface area contributed by atoms with Gasteiger partial charge in [-0.2, -0.15) is 0 Å². The van der Waals surface area contributed by atoms with Gasteiger partial charge in [-0.15, -0.1) is 0 Å². The van der Waals surface area contributed by atoms with Crippen LogP contribution < -0.4 is 5.73 Å². The largest absolute Gasteiger partial charge is 0.383 e. The molecule has 5 heteroatoms. The fourth-order valence-electron chi connectivity index (χ4n) is 2.02. The molecule has 2 rings (SSSR count). The van der Waals surface area contributed by atoms with Crippen molar-refractivity contribution in [2.75, 3.05) is 12.3 Å². The number of aromatic nitrogens is 2. The maximum absolute atomic E-state index is 6.00. The average molecular weight is 361 g/mol. The molecule has 1 aliphatic rings. The summed E-state index contributed by atoms with van der Waals surface area (Å²) in [7, 11) is 0. The van der Waals surface area contributed by atoms with E-state index in [9.17, 15) is 0 Å². The van der Waals surface area contributed by atoms with E-state index in [1.54, 1.807) is 0 Å². The second-order valence-corrected chi connectivity index (χ2v) is 5.75. The SMILES string of the molecule is CCCC(OCC)c1nc(N)c(I)c(C2CC2)n1. The Hall–Kier alpha value is -0.430. The van der Waals surface area contributed by atoms with Gasteiger partial charge in [0.25, 0.3) is 0 Å². The molecule has 1 saturated carbocycles. The van der Waals surface area contributed by atoms with Crippen molar-refractivity contribution < 1.29 is 4.74 Å². The Morgan fingerprint density at radius 2 is 2.11 bits per heavy atom. The number of hydrogen-bond acceptors (Lipinski definition) is 4. The van der Waals surface area contributed by atoms with Crippen molar-refractivity contribution >= 4 is 28.4 Å². The van der Waals surface area contributed by atoms with Gasteiger partial charge in [0.15, 0.2) is 5.82 Å². The zero-order valence-corrected chi connectivity index (χ0v) is 13.1. The zero-order chi connectivity index (χ0) is 13.1. The summed E-state index contributed by atoms with van der Waals surface area (Å²) in [6.07, 6.45) is 4.42. The molecule has 1 aromatic rings. The van der Waals surface area contributed by atoms with Gasteiger partial charge in [0.05, 0.1) is 9.26 Å². The molecule has 1 aliphatic carbocycles. The van der Waals surface area contributed by atoms with Crippen LogP contribution in [-0.4, -0.2) is 16.6 Å². The minimum Gasteiger partial charge on any atom is -0.383 e. The summed E-state index contributed by atoms with van der Waals surface area (Å²) in [6, 6.07) is 0. The average Bonchev–Trinajstić information content (AvgIpc) is 3.16. The third-order valence-corrected chi connectivity index (χ3v) is 4.20. The van der Waals surface area contributed by atoms with Crippen LogP contribution in [0.5, 0.6) is 0 Å². The summed E-state index contributed by atoms with van der Waals surface area (Å²) < 4.78 is 6.75. The molecule has 0 aliphatic heterocycles. The molecule has 0 radical (unpaired) electrons. The highest BCUT2D eigenvalue weighted by atomic mass is 127. The number of nitrogens with zero attached hydrogens (tertiary/aromatic N) is 2. The zero-order valence-electron chi connectivity index (χ0n) is 10.9. The van der Waals surface area contributed by atoms with Gasteiger partial charge < -0.3 is 10.5 Å². The van der Waals surface area contributed by atoms with Crippen molar-refractivity contribution in [3.05, 3.63) is 15.1 Å². The van der Waals surface area contributed by atoms with Crippen LogP contribution >= 0.6 is 22.6 Å².